The summed E-state index contributed by atoms with van der Waals surface area (Å²) in [5.74, 6) is 0.157. The van der Waals surface area contributed by atoms with Gasteiger partial charge in [0.1, 0.15) is 0 Å². The first kappa shape index (κ1) is 14.5. The normalized spacial score (nSPS) is 24.6. The number of hydrogen-bond acceptors (Lipinski definition) is 3. The van der Waals surface area contributed by atoms with Crippen LogP contribution in [0.3, 0.4) is 0 Å². The van der Waals surface area contributed by atoms with E-state index in [1.807, 2.05) is 6.07 Å². The third kappa shape index (κ3) is 3.11. The molecule has 1 saturated heterocycles. The number of ether oxygens (including phenoxy) is 1. The van der Waals surface area contributed by atoms with E-state index in [0.717, 1.165) is 38.1 Å². The second kappa shape index (κ2) is 5.78. The lowest BCUT2D eigenvalue weighted by Crippen LogP contribution is -2.47. The van der Waals surface area contributed by atoms with E-state index >= 15 is 0 Å². The van der Waals surface area contributed by atoms with Gasteiger partial charge in [0.15, 0.2) is 0 Å². The molecule has 1 heterocycles. The minimum Gasteiger partial charge on any atom is -0.374 e. The molecule has 1 aliphatic heterocycles. The van der Waals surface area contributed by atoms with Gasteiger partial charge in [-0.1, -0.05) is 29.8 Å². The van der Waals surface area contributed by atoms with Crippen LogP contribution in [-0.4, -0.2) is 50.2 Å². The number of benzene rings is 1. The Bertz CT molecular complexity index is 525. The van der Waals surface area contributed by atoms with Crippen LogP contribution in [0.2, 0.25) is 0 Å². The number of aryl methyl sites for hydroxylation is 1. The Hall–Kier alpha value is -1.39. The molecular formula is C17H24N2O2. The summed E-state index contributed by atoms with van der Waals surface area (Å²) in [5, 5.41) is 3.10. The van der Waals surface area contributed by atoms with Gasteiger partial charge in [-0.3, -0.25) is 4.79 Å². The maximum absolute atomic E-state index is 12.6. The van der Waals surface area contributed by atoms with Gasteiger partial charge in [0.2, 0.25) is 5.91 Å². The SMILES string of the molecule is Cc1cccc(C2(C(=O)NC[C@H]3CN(C)CCO3)CC2)c1. The molecule has 1 N–H and O–H groups in total. The number of hydrogen-bond donors (Lipinski definition) is 1. The smallest absolute Gasteiger partial charge is 0.230 e. The monoisotopic (exact) mass is 288 g/mol. The van der Waals surface area contributed by atoms with Crippen molar-refractivity contribution in [2.75, 3.05) is 33.3 Å². The summed E-state index contributed by atoms with van der Waals surface area (Å²) >= 11 is 0. The summed E-state index contributed by atoms with van der Waals surface area (Å²) in [6, 6.07) is 8.32. The van der Waals surface area contributed by atoms with Crippen molar-refractivity contribution < 1.29 is 9.53 Å². The van der Waals surface area contributed by atoms with Gasteiger partial charge < -0.3 is 15.0 Å². The van der Waals surface area contributed by atoms with E-state index in [4.69, 9.17) is 4.74 Å². The van der Waals surface area contributed by atoms with Crippen molar-refractivity contribution in [3.05, 3.63) is 35.4 Å². The Morgan fingerprint density at radius 3 is 2.95 bits per heavy atom. The van der Waals surface area contributed by atoms with Crippen LogP contribution in [0.1, 0.15) is 24.0 Å². The first-order valence-corrected chi connectivity index (χ1v) is 7.76. The van der Waals surface area contributed by atoms with E-state index in [9.17, 15) is 4.79 Å². The Morgan fingerprint density at radius 2 is 2.29 bits per heavy atom. The molecule has 1 aliphatic carbocycles. The van der Waals surface area contributed by atoms with Crippen LogP contribution in [0.5, 0.6) is 0 Å². The van der Waals surface area contributed by atoms with Crippen LogP contribution >= 0.6 is 0 Å². The fraction of sp³-hybridized carbons (Fsp3) is 0.588. The lowest BCUT2D eigenvalue weighted by Gasteiger charge is -2.30. The average Bonchev–Trinajstić information content (AvgIpc) is 3.26. The van der Waals surface area contributed by atoms with Crippen LogP contribution in [0.4, 0.5) is 0 Å². The molecule has 0 radical (unpaired) electrons. The van der Waals surface area contributed by atoms with Crippen LogP contribution in [0.15, 0.2) is 24.3 Å². The predicted molar refractivity (Wildman–Crippen MR) is 82.3 cm³/mol. The first-order valence-electron chi connectivity index (χ1n) is 7.76. The number of carbonyl (C=O) groups is 1. The maximum Gasteiger partial charge on any atom is 0.230 e. The molecule has 2 aliphatic rings. The topological polar surface area (TPSA) is 41.6 Å². The zero-order valence-electron chi connectivity index (χ0n) is 12.9. The molecule has 2 fully saturated rings. The summed E-state index contributed by atoms with van der Waals surface area (Å²) in [7, 11) is 2.09. The van der Waals surface area contributed by atoms with E-state index in [2.05, 4.69) is 42.4 Å². The average molecular weight is 288 g/mol. The Labute approximate surface area is 126 Å². The van der Waals surface area contributed by atoms with Gasteiger partial charge in [0.05, 0.1) is 18.1 Å². The van der Waals surface area contributed by atoms with E-state index in [1.54, 1.807) is 0 Å². The minimum absolute atomic E-state index is 0.112. The zero-order chi connectivity index (χ0) is 14.9. The molecular weight excluding hydrogens is 264 g/mol. The Morgan fingerprint density at radius 1 is 1.48 bits per heavy atom. The number of likely N-dealkylation sites (N-methyl/N-ethyl adjacent to an activating group) is 1. The molecule has 1 aromatic rings. The molecule has 3 rings (SSSR count). The van der Waals surface area contributed by atoms with Crippen molar-refractivity contribution in [3.8, 4) is 0 Å². The van der Waals surface area contributed by atoms with E-state index < -0.39 is 0 Å². The summed E-state index contributed by atoms with van der Waals surface area (Å²) in [6.07, 6.45) is 2.02. The number of nitrogens with zero attached hydrogens (tertiary/aromatic N) is 1. The third-order valence-electron chi connectivity index (χ3n) is 4.59. The van der Waals surface area contributed by atoms with Crippen LogP contribution in [-0.2, 0) is 14.9 Å². The van der Waals surface area contributed by atoms with Crippen molar-refractivity contribution in [2.24, 2.45) is 0 Å². The van der Waals surface area contributed by atoms with Crippen LogP contribution in [0.25, 0.3) is 0 Å². The summed E-state index contributed by atoms with van der Waals surface area (Å²) < 4.78 is 5.70. The van der Waals surface area contributed by atoms with Gasteiger partial charge in [-0.2, -0.15) is 0 Å². The molecule has 21 heavy (non-hydrogen) atoms. The van der Waals surface area contributed by atoms with E-state index in [0.29, 0.717) is 6.54 Å². The van der Waals surface area contributed by atoms with Crippen molar-refractivity contribution >= 4 is 5.91 Å². The highest BCUT2D eigenvalue weighted by Gasteiger charge is 2.51. The van der Waals surface area contributed by atoms with Crippen LogP contribution in [0, 0.1) is 6.92 Å². The number of amides is 1. The second-order valence-electron chi connectivity index (χ2n) is 6.42. The number of carbonyl (C=O) groups excluding carboxylic acids is 1. The molecule has 1 atom stereocenters. The van der Waals surface area contributed by atoms with Crippen molar-refractivity contribution in [1.29, 1.82) is 0 Å². The van der Waals surface area contributed by atoms with E-state index in [1.165, 1.54) is 5.56 Å². The Kier molecular flexibility index (Phi) is 4.00. The quantitative estimate of drug-likeness (QED) is 0.912. The van der Waals surface area contributed by atoms with Gasteiger partial charge >= 0.3 is 0 Å². The molecule has 0 unspecified atom stereocenters. The Balaban J connectivity index is 1.60. The lowest BCUT2D eigenvalue weighted by molar-refractivity contribution is -0.124. The van der Waals surface area contributed by atoms with Crippen molar-refractivity contribution in [3.63, 3.8) is 0 Å². The van der Waals surface area contributed by atoms with Gasteiger partial charge in [-0.05, 0) is 32.4 Å². The molecule has 1 saturated carbocycles. The number of rotatable bonds is 4. The fourth-order valence-corrected chi connectivity index (χ4v) is 3.08. The molecule has 4 nitrogen and oxygen atoms in total. The highest BCUT2D eigenvalue weighted by molar-refractivity contribution is 5.91. The highest BCUT2D eigenvalue weighted by atomic mass is 16.5. The van der Waals surface area contributed by atoms with Gasteiger partial charge in [0, 0.05) is 19.6 Å². The summed E-state index contributed by atoms with van der Waals surface area (Å²) in [6.45, 7) is 5.29. The molecule has 0 bridgehead atoms. The standard InChI is InChI=1S/C17H24N2O2/c1-13-4-3-5-14(10-13)17(6-7-17)16(20)18-11-15-12-19(2)8-9-21-15/h3-5,10,15H,6-9,11-12H2,1-2H3,(H,18,20)/t15-/m0/s1. The highest BCUT2D eigenvalue weighted by Crippen LogP contribution is 2.48. The molecule has 0 spiro atoms. The minimum atomic E-state index is -0.285. The van der Waals surface area contributed by atoms with Crippen molar-refractivity contribution in [2.45, 2.75) is 31.3 Å². The van der Waals surface area contributed by atoms with Gasteiger partial charge in [-0.15, -0.1) is 0 Å². The number of morpholine rings is 1. The number of nitrogens with one attached hydrogen (secondary N) is 1. The summed E-state index contributed by atoms with van der Waals surface area (Å²) in [5.41, 5.74) is 2.08. The summed E-state index contributed by atoms with van der Waals surface area (Å²) in [4.78, 5) is 14.8. The van der Waals surface area contributed by atoms with Gasteiger partial charge in [-0.25, -0.2) is 0 Å². The predicted octanol–water partition coefficient (Wildman–Crippen LogP) is 1.47. The fourth-order valence-electron chi connectivity index (χ4n) is 3.08. The lowest BCUT2D eigenvalue weighted by atomic mass is 9.93. The van der Waals surface area contributed by atoms with Crippen molar-refractivity contribution in [1.82, 2.24) is 10.2 Å². The zero-order valence-corrected chi connectivity index (χ0v) is 12.9. The maximum atomic E-state index is 12.6. The van der Waals surface area contributed by atoms with Crippen LogP contribution < -0.4 is 5.32 Å². The molecule has 4 heteroatoms. The first-order chi connectivity index (χ1) is 10.1. The molecule has 114 valence electrons. The molecule has 0 aromatic heterocycles. The van der Waals surface area contributed by atoms with E-state index in [-0.39, 0.29) is 17.4 Å². The van der Waals surface area contributed by atoms with Gasteiger partial charge in [0.25, 0.3) is 0 Å². The molecule has 1 aromatic carbocycles. The second-order valence-corrected chi connectivity index (χ2v) is 6.42. The largest absolute Gasteiger partial charge is 0.374 e. The molecule has 1 amide bonds. The third-order valence-corrected chi connectivity index (χ3v) is 4.59.